The van der Waals surface area contributed by atoms with Gasteiger partial charge in [-0.1, -0.05) is 23.7 Å². The summed E-state index contributed by atoms with van der Waals surface area (Å²) in [5.41, 5.74) is 1.84. The van der Waals surface area contributed by atoms with E-state index in [0.717, 1.165) is 24.6 Å². The molecular formula is C19H18ClN5O. The van der Waals surface area contributed by atoms with E-state index < -0.39 is 0 Å². The zero-order chi connectivity index (χ0) is 17.9. The Balaban J connectivity index is 1.46. The van der Waals surface area contributed by atoms with Gasteiger partial charge in [0.15, 0.2) is 0 Å². The second-order valence-electron chi connectivity index (χ2n) is 6.18. The molecule has 1 aliphatic heterocycles. The molecule has 4 rings (SSSR count). The van der Waals surface area contributed by atoms with Crippen molar-refractivity contribution >= 4 is 29.0 Å². The molecule has 0 spiro atoms. The van der Waals surface area contributed by atoms with Gasteiger partial charge in [-0.2, -0.15) is 5.10 Å². The highest BCUT2D eigenvalue weighted by molar-refractivity contribution is 6.32. The Morgan fingerprint density at radius 1 is 1.08 bits per heavy atom. The minimum atomic E-state index is -0.237. The number of para-hydroxylation sites is 1. The fourth-order valence-electron chi connectivity index (χ4n) is 3.01. The number of aromatic nitrogens is 3. The van der Waals surface area contributed by atoms with Crippen molar-refractivity contribution in [3.63, 3.8) is 0 Å². The first kappa shape index (κ1) is 16.6. The zero-order valence-electron chi connectivity index (χ0n) is 14.1. The van der Waals surface area contributed by atoms with Crippen LogP contribution in [0.5, 0.6) is 0 Å². The predicted octanol–water partition coefficient (Wildman–Crippen LogP) is 3.77. The fraction of sp³-hybridized carbons (Fsp3) is 0.211. The largest absolute Gasteiger partial charge is 0.357 e. The maximum atomic E-state index is 12.4. The molecule has 1 aliphatic rings. The predicted molar refractivity (Wildman–Crippen MR) is 102 cm³/mol. The monoisotopic (exact) mass is 367 g/mol. The number of hydrogen-bond donors (Lipinski definition) is 1. The number of benzene rings is 1. The van der Waals surface area contributed by atoms with Crippen molar-refractivity contribution in [2.45, 2.75) is 12.8 Å². The Bertz CT molecular complexity index is 916. The summed E-state index contributed by atoms with van der Waals surface area (Å²) >= 11 is 6.17. The molecule has 1 aromatic carbocycles. The van der Waals surface area contributed by atoms with E-state index in [-0.39, 0.29) is 5.91 Å². The van der Waals surface area contributed by atoms with Crippen LogP contribution in [0, 0.1) is 0 Å². The zero-order valence-corrected chi connectivity index (χ0v) is 14.9. The van der Waals surface area contributed by atoms with Crippen LogP contribution in [0.4, 0.5) is 11.5 Å². The molecule has 1 fully saturated rings. The lowest BCUT2D eigenvalue weighted by molar-refractivity contribution is 0.102. The average molecular weight is 368 g/mol. The molecule has 26 heavy (non-hydrogen) atoms. The van der Waals surface area contributed by atoms with Gasteiger partial charge in [0.25, 0.3) is 5.91 Å². The summed E-state index contributed by atoms with van der Waals surface area (Å²) < 4.78 is 1.59. The number of carbonyl (C=O) groups is 1. The maximum Gasteiger partial charge on any atom is 0.258 e. The number of amides is 1. The quantitative estimate of drug-likeness (QED) is 0.762. The number of anilines is 2. The molecule has 0 bridgehead atoms. The van der Waals surface area contributed by atoms with Crippen molar-refractivity contribution in [2.24, 2.45) is 0 Å². The molecular weight excluding hydrogens is 350 g/mol. The van der Waals surface area contributed by atoms with Crippen LogP contribution in [0.15, 0.2) is 55.0 Å². The summed E-state index contributed by atoms with van der Waals surface area (Å²) in [6, 6.07) is 11.2. The third-order valence-corrected chi connectivity index (χ3v) is 4.70. The molecule has 1 saturated heterocycles. The van der Waals surface area contributed by atoms with Crippen LogP contribution in [0.1, 0.15) is 23.2 Å². The lowest BCUT2D eigenvalue weighted by Crippen LogP contribution is -2.19. The van der Waals surface area contributed by atoms with Gasteiger partial charge in [0.05, 0.1) is 34.4 Å². The minimum absolute atomic E-state index is 0.237. The van der Waals surface area contributed by atoms with Gasteiger partial charge in [-0.15, -0.1) is 0 Å². The van der Waals surface area contributed by atoms with Crippen molar-refractivity contribution in [3.8, 4) is 5.69 Å². The SMILES string of the molecule is O=C(Nc1ccc(N2CCCC2)nc1)c1cnn(-c2ccccc2Cl)c1. The van der Waals surface area contributed by atoms with Crippen LogP contribution in [-0.2, 0) is 0 Å². The van der Waals surface area contributed by atoms with Gasteiger partial charge in [0.1, 0.15) is 5.82 Å². The standard InChI is InChI=1S/C19H18ClN5O/c20-16-5-1-2-6-17(16)25-13-14(11-22-25)19(26)23-15-7-8-18(21-12-15)24-9-3-4-10-24/h1-2,5-8,11-13H,3-4,9-10H2,(H,23,26). The van der Waals surface area contributed by atoms with Crippen molar-refractivity contribution in [1.29, 1.82) is 0 Å². The number of hydrogen-bond acceptors (Lipinski definition) is 4. The topological polar surface area (TPSA) is 63.1 Å². The van der Waals surface area contributed by atoms with Crippen LogP contribution in [-0.4, -0.2) is 33.8 Å². The van der Waals surface area contributed by atoms with E-state index in [2.05, 4.69) is 20.3 Å². The van der Waals surface area contributed by atoms with Crippen molar-refractivity contribution in [3.05, 3.63) is 65.6 Å². The molecule has 1 N–H and O–H groups in total. The summed E-state index contributed by atoms with van der Waals surface area (Å²) in [5.74, 6) is 0.714. The van der Waals surface area contributed by atoms with Gasteiger partial charge in [-0.3, -0.25) is 4.79 Å². The molecule has 6 nitrogen and oxygen atoms in total. The molecule has 2 aromatic heterocycles. The number of carbonyl (C=O) groups excluding carboxylic acids is 1. The van der Waals surface area contributed by atoms with Gasteiger partial charge >= 0.3 is 0 Å². The van der Waals surface area contributed by atoms with Gasteiger partial charge < -0.3 is 10.2 Å². The van der Waals surface area contributed by atoms with E-state index in [4.69, 9.17) is 11.6 Å². The molecule has 132 valence electrons. The molecule has 0 saturated carbocycles. The number of nitrogens with zero attached hydrogens (tertiary/aromatic N) is 4. The summed E-state index contributed by atoms with van der Waals surface area (Å²) in [6.45, 7) is 2.08. The van der Waals surface area contributed by atoms with Gasteiger partial charge in [0.2, 0.25) is 0 Å². The summed E-state index contributed by atoms with van der Waals surface area (Å²) in [7, 11) is 0. The van der Waals surface area contributed by atoms with Crippen LogP contribution in [0.25, 0.3) is 5.69 Å². The van der Waals surface area contributed by atoms with E-state index in [1.54, 1.807) is 23.1 Å². The molecule has 0 unspecified atom stereocenters. The summed E-state index contributed by atoms with van der Waals surface area (Å²) in [6.07, 6.45) is 7.27. The third kappa shape index (κ3) is 3.41. The highest BCUT2D eigenvalue weighted by Crippen LogP contribution is 2.21. The van der Waals surface area contributed by atoms with Crippen LogP contribution < -0.4 is 10.2 Å². The fourth-order valence-corrected chi connectivity index (χ4v) is 3.23. The van der Waals surface area contributed by atoms with Crippen molar-refractivity contribution in [2.75, 3.05) is 23.3 Å². The second-order valence-corrected chi connectivity index (χ2v) is 6.59. The first-order valence-electron chi connectivity index (χ1n) is 8.53. The van der Waals surface area contributed by atoms with Crippen LogP contribution >= 0.6 is 11.6 Å². The third-order valence-electron chi connectivity index (χ3n) is 4.38. The highest BCUT2D eigenvalue weighted by Gasteiger charge is 2.14. The van der Waals surface area contributed by atoms with E-state index in [1.807, 2.05) is 30.3 Å². The summed E-state index contributed by atoms with van der Waals surface area (Å²) in [5, 5.41) is 7.65. The van der Waals surface area contributed by atoms with Crippen LogP contribution in [0.3, 0.4) is 0 Å². The number of rotatable bonds is 4. The highest BCUT2D eigenvalue weighted by atomic mass is 35.5. The number of pyridine rings is 1. The van der Waals surface area contributed by atoms with E-state index in [1.165, 1.54) is 19.0 Å². The number of nitrogens with one attached hydrogen (secondary N) is 1. The van der Waals surface area contributed by atoms with E-state index >= 15 is 0 Å². The molecule has 0 atom stereocenters. The lowest BCUT2D eigenvalue weighted by atomic mass is 10.3. The molecule has 0 aliphatic carbocycles. The van der Waals surface area contributed by atoms with Crippen molar-refractivity contribution in [1.82, 2.24) is 14.8 Å². The molecule has 1 amide bonds. The normalized spacial score (nSPS) is 13.8. The van der Waals surface area contributed by atoms with Crippen LogP contribution in [0.2, 0.25) is 5.02 Å². The Kier molecular flexibility index (Phi) is 4.58. The maximum absolute atomic E-state index is 12.4. The molecule has 3 heterocycles. The molecule has 0 radical (unpaired) electrons. The van der Waals surface area contributed by atoms with E-state index in [0.29, 0.717) is 16.3 Å². The van der Waals surface area contributed by atoms with Gasteiger partial charge in [-0.05, 0) is 37.1 Å². The Morgan fingerprint density at radius 3 is 2.62 bits per heavy atom. The number of halogens is 1. The first-order valence-corrected chi connectivity index (χ1v) is 8.90. The Labute approximate surface area is 156 Å². The molecule has 3 aromatic rings. The summed E-state index contributed by atoms with van der Waals surface area (Å²) in [4.78, 5) is 19.1. The minimum Gasteiger partial charge on any atom is -0.357 e. The molecule has 7 heteroatoms. The lowest BCUT2D eigenvalue weighted by Gasteiger charge is -2.16. The Morgan fingerprint density at radius 2 is 1.88 bits per heavy atom. The van der Waals surface area contributed by atoms with Gasteiger partial charge in [-0.25, -0.2) is 9.67 Å². The first-order chi connectivity index (χ1) is 12.7. The Hall–Kier alpha value is -2.86. The van der Waals surface area contributed by atoms with E-state index in [9.17, 15) is 4.79 Å². The van der Waals surface area contributed by atoms with Gasteiger partial charge in [0, 0.05) is 19.3 Å². The second kappa shape index (κ2) is 7.17. The van der Waals surface area contributed by atoms with Crippen molar-refractivity contribution < 1.29 is 4.79 Å². The smallest absolute Gasteiger partial charge is 0.258 e. The average Bonchev–Trinajstić information content (AvgIpc) is 3.35.